The zero-order valence-corrected chi connectivity index (χ0v) is 16.8. The fourth-order valence-electron chi connectivity index (χ4n) is 3.29. The number of ether oxygens (including phenoxy) is 1. The van der Waals surface area contributed by atoms with Crippen LogP contribution < -0.4 is 4.74 Å². The largest absolute Gasteiger partial charge is 0.497 e. The topological polar surface area (TPSA) is 64.4 Å². The van der Waals surface area contributed by atoms with Crippen LogP contribution >= 0.6 is 11.6 Å². The van der Waals surface area contributed by atoms with Crippen LogP contribution in [0.5, 0.6) is 5.75 Å². The van der Waals surface area contributed by atoms with Crippen molar-refractivity contribution < 1.29 is 17.5 Å². The van der Waals surface area contributed by atoms with Gasteiger partial charge in [-0.3, -0.25) is 0 Å². The Hall–Kier alpha value is -2.42. The van der Waals surface area contributed by atoms with Gasteiger partial charge in [0, 0.05) is 28.8 Å². The van der Waals surface area contributed by atoms with Crippen molar-refractivity contribution in [2.75, 3.05) is 13.4 Å². The fourth-order valence-corrected chi connectivity index (χ4v) is 4.13. The summed E-state index contributed by atoms with van der Waals surface area (Å²) >= 11 is 6.00. The first-order valence-electron chi connectivity index (χ1n) is 8.43. The number of methoxy groups -OCH3 is 1. The van der Waals surface area contributed by atoms with E-state index in [1.54, 1.807) is 36.4 Å². The van der Waals surface area contributed by atoms with Crippen molar-refractivity contribution in [3.05, 3.63) is 64.6 Å². The summed E-state index contributed by atoms with van der Waals surface area (Å²) in [6.07, 6.45) is 1.16. The number of sulfonamides is 1. The Morgan fingerprint density at radius 2 is 1.86 bits per heavy atom. The molecule has 1 aliphatic rings. The smallest absolute Gasteiger partial charge is 0.211 e. The molecule has 1 aromatic heterocycles. The molecule has 1 aliphatic heterocycles. The molecule has 0 radical (unpaired) electrons. The van der Waals surface area contributed by atoms with Crippen LogP contribution in [0.4, 0.5) is 4.39 Å². The number of nitrogens with zero attached hydrogens (tertiary/aromatic N) is 3. The van der Waals surface area contributed by atoms with Crippen LogP contribution in [0.25, 0.3) is 16.9 Å². The molecule has 28 heavy (non-hydrogen) atoms. The van der Waals surface area contributed by atoms with Gasteiger partial charge < -0.3 is 4.74 Å². The predicted molar refractivity (Wildman–Crippen MR) is 105 cm³/mol. The quantitative estimate of drug-likeness (QED) is 0.645. The average molecular weight is 422 g/mol. The monoisotopic (exact) mass is 421 g/mol. The third-order valence-electron chi connectivity index (χ3n) is 4.70. The Morgan fingerprint density at radius 1 is 1.14 bits per heavy atom. The maximum absolute atomic E-state index is 14.7. The van der Waals surface area contributed by atoms with Gasteiger partial charge in [-0.25, -0.2) is 17.5 Å². The first kappa shape index (κ1) is 18.9. The molecule has 0 spiro atoms. The number of benzene rings is 2. The van der Waals surface area contributed by atoms with Crippen molar-refractivity contribution in [1.82, 2.24) is 14.1 Å². The summed E-state index contributed by atoms with van der Waals surface area (Å²) in [7, 11) is -1.90. The van der Waals surface area contributed by atoms with Crippen molar-refractivity contribution in [3.8, 4) is 22.7 Å². The van der Waals surface area contributed by atoms with E-state index >= 15 is 0 Å². The van der Waals surface area contributed by atoms with E-state index in [2.05, 4.69) is 5.10 Å². The molecule has 2 aromatic carbocycles. The lowest BCUT2D eigenvalue weighted by Crippen LogP contribution is -2.24. The highest BCUT2D eigenvalue weighted by Gasteiger charge is 2.33. The minimum Gasteiger partial charge on any atom is -0.497 e. The Kier molecular flexibility index (Phi) is 4.65. The molecule has 0 atom stereocenters. The highest BCUT2D eigenvalue weighted by Crippen LogP contribution is 2.36. The van der Waals surface area contributed by atoms with Gasteiger partial charge in [-0.2, -0.15) is 9.40 Å². The van der Waals surface area contributed by atoms with Crippen LogP contribution in [0.15, 0.2) is 42.5 Å². The van der Waals surface area contributed by atoms with Crippen LogP contribution in [0.3, 0.4) is 0 Å². The van der Waals surface area contributed by atoms with Gasteiger partial charge in [0.05, 0.1) is 31.3 Å². The Bertz CT molecular complexity index is 1160. The fraction of sp³-hybridized carbons (Fsp3) is 0.211. The molecule has 6 nitrogen and oxygen atoms in total. The maximum Gasteiger partial charge on any atom is 0.211 e. The standard InChI is InChI=1S/C19H17ClFN3O3S/c1-27-14-7-8-18(16(21)9-14)24-19(12-3-5-13(20)6-4-12)15-10-23(28(2,25)26)11-17(15)22-24/h3-9H,10-11H2,1-2H3. The lowest BCUT2D eigenvalue weighted by Gasteiger charge is -2.15. The van der Waals surface area contributed by atoms with Crippen LogP contribution in [-0.4, -0.2) is 35.9 Å². The normalized spacial score (nSPS) is 14.3. The number of rotatable bonds is 4. The molecule has 0 saturated carbocycles. The van der Waals surface area contributed by atoms with E-state index < -0.39 is 15.8 Å². The predicted octanol–water partition coefficient (Wildman–Crippen LogP) is 3.62. The summed E-state index contributed by atoms with van der Waals surface area (Å²) in [6, 6.07) is 11.6. The molecule has 0 saturated heterocycles. The molecular formula is C19H17ClFN3O3S. The molecule has 0 unspecified atom stereocenters. The minimum absolute atomic E-state index is 0.152. The van der Waals surface area contributed by atoms with Gasteiger partial charge in [-0.15, -0.1) is 0 Å². The Balaban J connectivity index is 1.90. The van der Waals surface area contributed by atoms with E-state index in [0.717, 1.165) is 17.4 Å². The average Bonchev–Trinajstić information content (AvgIpc) is 3.20. The van der Waals surface area contributed by atoms with Gasteiger partial charge in [0.1, 0.15) is 11.4 Å². The summed E-state index contributed by atoms with van der Waals surface area (Å²) in [6.45, 7) is 0.337. The summed E-state index contributed by atoms with van der Waals surface area (Å²) in [4.78, 5) is 0. The third-order valence-corrected chi connectivity index (χ3v) is 6.15. The number of hydrogen-bond donors (Lipinski definition) is 0. The van der Waals surface area contributed by atoms with Crippen molar-refractivity contribution >= 4 is 21.6 Å². The van der Waals surface area contributed by atoms with E-state index in [4.69, 9.17) is 16.3 Å². The Labute approximate surface area is 167 Å². The van der Waals surface area contributed by atoms with E-state index in [0.29, 0.717) is 22.2 Å². The van der Waals surface area contributed by atoms with Gasteiger partial charge in [0.15, 0.2) is 5.82 Å². The molecule has 146 valence electrons. The maximum atomic E-state index is 14.7. The molecule has 0 amide bonds. The van der Waals surface area contributed by atoms with E-state index in [1.165, 1.54) is 22.2 Å². The van der Waals surface area contributed by atoms with Crippen LogP contribution in [0, 0.1) is 5.82 Å². The molecule has 0 N–H and O–H groups in total. The van der Waals surface area contributed by atoms with Gasteiger partial charge in [-0.05, 0) is 24.3 Å². The summed E-state index contributed by atoms with van der Waals surface area (Å²) < 4.78 is 46.6. The molecule has 2 heterocycles. The lowest BCUT2D eigenvalue weighted by molar-refractivity contribution is 0.410. The SMILES string of the molecule is COc1ccc(-n2nc3c(c2-c2ccc(Cl)cc2)CN(S(C)(=O)=O)C3)c(F)c1. The van der Waals surface area contributed by atoms with Gasteiger partial charge in [0.25, 0.3) is 0 Å². The van der Waals surface area contributed by atoms with Crippen LogP contribution in [0.2, 0.25) is 5.02 Å². The lowest BCUT2D eigenvalue weighted by atomic mass is 10.1. The second kappa shape index (κ2) is 6.88. The minimum atomic E-state index is -3.37. The first-order valence-corrected chi connectivity index (χ1v) is 10.7. The highest BCUT2D eigenvalue weighted by molar-refractivity contribution is 7.88. The molecular weight excluding hydrogens is 405 g/mol. The second-order valence-electron chi connectivity index (χ2n) is 6.54. The van der Waals surface area contributed by atoms with Crippen molar-refractivity contribution in [2.24, 2.45) is 0 Å². The molecule has 3 aromatic rings. The molecule has 9 heteroatoms. The van der Waals surface area contributed by atoms with Gasteiger partial charge in [0.2, 0.25) is 10.0 Å². The Morgan fingerprint density at radius 3 is 2.46 bits per heavy atom. The summed E-state index contributed by atoms with van der Waals surface area (Å²) in [5.41, 5.74) is 3.02. The van der Waals surface area contributed by atoms with E-state index in [9.17, 15) is 12.8 Å². The van der Waals surface area contributed by atoms with Gasteiger partial charge >= 0.3 is 0 Å². The molecule has 0 fully saturated rings. The molecule has 0 aliphatic carbocycles. The van der Waals surface area contributed by atoms with Crippen LogP contribution in [-0.2, 0) is 23.1 Å². The third kappa shape index (κ3) is 3.28. The molecule has 4 rings (SSSR count). The second-order valence-corrected chi connectivity index (χ2v) is 8.96. The van der Waals surface area contributed by atoms with Crippen molar-refractivity contribution in [1.29, 1.82) is 0 Å². The zero-order valence-electron chi connectivity index (χ0n) is 15.2. The van der Waals surface area contributed by atoms with Crippen molar-refractivity contribution in [3.63, 3.8) is 0 Å². The number of hydrogen-bond acceptors (Lipinski definition) is 4. The molecule has 0 bridgehead atoms. The number of fused-ring (bicyclic) bond motifs is 1. The number of aromatic nitrogens is 2. The van der Waals surface area contributed by atoms with Crippen molar-refractivity contribution in [2.45, 2.75) is 13.1 Å². The van der Waals surface area contributed by atoms with Gasteiger partial charge in [-0.1, -0.05) is 23.7 Å². The van der Waals surface area contributed by atoms with E-state index in [1.807, 2.05) is 0 Å². The summed E-state index contributed by atoms with van der Waals surface area (Å²) in [5.74, 6) is -0.0899. The highest BCUT2D eigenvalue weighted by atomic mass is 35.5. The van der Waals surface area contributed by atoms with Crippen LogP contribution in [0.1, 0.15) is 11.3 Å². The summed E-state index contributed by atoms with van der Waals surface area (Å²) in [5, 5.41) is 5.11. The number of halogens is 2. The van der Waals surface area contributed by atoms with E-state index in [-0.39, 0.29) is 18.8 Å². The first-order chi connectivity index (χ1) is 13.3. The zero-order chi connectivity index (χ0) is 20.1.